The summed E-state index contributed by atoms with van der Waals surface area (Å²) in [4.78, 5) is 36.2. The Labute approximate surface area is 191 Å². The molecule has 0 spiro atoms. The summed E-state index contributed by atoms with van der Waals surface area (Å²) < 4.78 is 2.19. The third-order valence-electron chi connectivity index (χ3n) is 6.51. The normalized spacial score (nSPS) is 21.8. The van der Waals surface area contributed by atoms with Crippen molar-refractivity contribution in [3.63, 3.8) is 0 Å². The maximum atomic E-state index is 13.5. The van der Waals surface area contributed by atoms with Crippen molar-refractivity contribution < 1.29 is 4.79 Å². The molecule has 4 heterocycles. The van der Waals surface area contributed by atoms with Crippen molar-refractivity contribution in [2.24, 2.45) is 0 Å². The van der Waals surface area contributed by atoms with Gasteiger partial charge in [0.15, 0.2) is 0 Å². The highest BCUT2D eigenvalue weighted by Gasteiger charge is 2.38. The molecule has 0 atom stereocenters. The van der Waals surface area contributed by atoms with Crippen molar-refractivity contribution in [2.75, 3.05) is 18.0 Å². The maximum Gasteiger partial charge on any atom is 0.267 e. The number of nitrogens with zero attached hydrogens (tertiary/aromatic N) is 4. The minimum atomic E-state index is -0.140. The van der Waals surface area contributed by atoms with Gasteiger partial charge in [0.05, 0.1) is 10.5 Å². The average Bonchev–Trinajstić information content (AvgIpc) is 3.39. The molecule has 2 aromatic heterocycles. The highest BCUT2D eigenvalue weighted by molar-refractivity contribution is 8.26. The number of carbonyl (C=O) groups excluding carboxylic acids is 1. The van der Waals surface area contributed by atoms with Crippen LogP contribution in [0.15, 0.2) is 28.0 Å². The Morgan fingerprint density at radius 3 is 2.61 bits per heavy atom. The van der Waals surface area contributed by atoms with Gasteiger partial charge in [0.25, 0.3) is 11.5 Å². The molecule has 162 valence electrons. The van der Waals surface area contributed by atoms with Crippen LogP contribution in [0.1, 0.15) is 56.1 Å². The Hall–Kier alpha value is -2.19. The fourth-order valence-electron chi connectivity index (χ4n) is 4.86. The van der Waals surface area contributed by atoms with E-state index in [-0.39, 0.29) is 17.5 Å². The Morgan fingerprint density at radius 2 is 1.87 bits per heavy atom. The zero-order chi connectivity index (χ0) is 21.5. The highest BCUT2D eigenvalue weighted by Crippen LogP contribution is 2.38. The summed E-state index contributed by atoms with van der Waals surface area (Å²) in [6, 6.07) is 4.00. The molecule has 6 nitrogen and oxygen atoms in total. The number of aromatic nitrogens is 2. The topological polar surface area (TPSA) is 57.9 Å². The lowest BCUT2D eigenvalue weighted by atomic mass is 9.94. The van der Waals surface area contributed by atoms with Crippen LogP contribution in [0, 0.1) is 6.92 Å². The van der Waals surface area contributed by atoms with Crippen LogP contribution < -0.4 is 10.5 Å². The predicted molar refractivity (Wildman–Crippen MR) is 130 cm³/mol. The average molecular weight is 455 g/mol. The second kappa shape index (κ2) is 8.39. The summed E-state index contributed by atoms with van der Waals surface area (Å²) in [5.74, 6) is 0.614. The van der Waals surface area contributed by atoms with E-state index in [1.807, 2.05) is 19.1 Å². The number of aryl methyl sites for hydroxylation is 1. The van der Waals surface area contributed by atoms with Gasteiger partial charge in [-0.25, -0.2) is 4.98 Å². The standard InChI is InChI=1S/C23H26N4O2S2/c1-15-8-7-13-26-19(15)24-20(25-11-5-6-12-25)17(21(26)28)14-18-22(29)27(23(30)31-18)16-9-3-2-4-10-16/h7-8,13-14,16H,2-6,9-12H2,1H3/b18-14-. The second-order valence-electron chi connectivity index (χ2n) is 8.58. The first-order chi connectivity index (χ1) is 15.0. The number of thiocarbonyl (C=S) groups is 1. The van der Waals surface area contributed by atoms with E-state index in [2.05, 4.69) is 4.90 Å². The van der Waals surface area contributed by atoms with Crippen molar-refractivity contribution in [1.82, 2.24) is 14.3 Å². The third-order valence-corrected chi connectivity index (χ3v) is 7.84. The van der Waals surface area contributed by atoms with E-state index in [0.717, 1.165) is 57.2 Å². The fourth-order valence-corrected chi connectivity index (χ4v) is 6.24. The largest absolute Gasteiger partial charge is 0.356 e. The van der Waals surface area contributed by atoms with E-state index in [9.17, 15) is 9.59 Å². The minimum absolute atomic E-state index is 0.0667. The number of pyridine rings is 1. The molecular weight excluding hydrogens is 428 g/mol. The first kappa shape index (κ1) is 20.7. The van der Waals surface area contributed by atoms with Crippen LogP contribution in [0.25, 0.3) is 11.7 Å². The monoisotopic (exact) mass is 454 g/mol. The number of thioether (sulfide) groups is 1. The van der Waals surface area contributed by atoms with Gasteiger partial charge < -0.3 is 4.90 Å². The second-order valence-corrected chi connectivity index (χ2v) is 10.3. The number of rotatable bonds is 3. The number of hydrogen-bond acceptors (Lipinski definition) is 6. The van der Waals surface area contributed by atoms with Gasteiger partial charge in [0.2, 0.25) is 0 Å². The van der Waals surface area contributed by atoms with Gasteiger partial charge in [-0.15, -0.1) is 0 Å². The van der Waals surface area contributed by atoms with Crippen molar-refractivity contribution >= 4 is 51.7 Å². The van der Waals surface area contributed by atoms with Gasteiger partial charge in [-0.2, -0.15) is 0 Å². The molecule has 3 aliphatic rings. The molecule has 2 aromatic rings. The number of fused-ring (bicyclic) bond motifs is 1. The minimum Gasteiger partial charge on any atom is -0.356 e. The van der Waals surface area contributed by atoms with Gasteiger partial charge in [0.1, 0.15) is 15.8 Å². The molecule has 0 N–H and O–H groups in total. The lowest BCUT2D eigenvalue weighted by Crippen LogP contribution is -2.39. The molecule has 1 amide bonds. The molecule has 0 bridgehead atoms. The quantitative estimate of drug-likeness (QED) is 0.513. The van der Waals surface area contributed by atoms with Gasteiger partial charge in [-0.05, 0) is 50.3 Å². The highest BCUT2D eigenvalue weighted by atomic mass is 32.2. The lowest BCUT2D eigenvalue weighted by molar-refractivity contribution is -0.124. The molecular formula is C23H26N4O2S2. The molecule has 2 aliphatic heterocycles. The number of amides is 1. The molecule has 2 saturated heterocycles. The number of carbonyl (C=O) groups is 1. The Kier molecular flexibility index (Phi) is 5.60. The molecule has 1 saturated carbocycles. The van der Waals surface area contributed by atoms with Crippen LogP contribution in [0.4, 0.5) is 5.82 Å². The van der Waals surface area contributed by atoms with Crippen LogP contribution in [0.2, 0.25) is 0 Å². The van der Waals surface area contributed by atoms with Crippen LogP contribution in [0.5, 0.6) is 0 Å². The first-order valence-corrected chi connectivity index (χ1v) is 12.3. The van der Waals surface area contributed by atoms with E-state index >= 15 is 0 Å². The molecule has 0 unspecified atom stereocenters. The van der Waals surface area contributed by atoms with Gasteiger partial charge >= 0.3 is 0 Å². The van der Waals surface area contributed by atoms with Gasteiger partial charge in [0, 0.05) is 25.3 Å². The predicted octanol–water partition coefficient (Wildman–Crippen LogP) is 4.14. The summed E-state index contributed by atoms with van der Waals surface area (Å²) in [7, 11) is 0. The molecule has 0 radical (unpaired) electrons. The van der Waals surface area contributed by atoms with Crippen LogP contribution >= 0.6 is 24.0 Å². The van der Waals surface area contributed by atoms with Crippen LogP contribution in [-0.2, 0) is 4.79 Å². The summed E-state index contributed by atoms with van der Waals surface area (Å²) in [5.41, 5.74) is 1.96. The summed E-state index contributed by atoms with van der Waals surface area (Å²) in [6.07, 6.45) is 11.1. The van der Waals surface area contributed by atoms with Crippen molar-refractivity contribution in [1.29, 1.82) is 0 Å². The smallest absolute Gasteiger partial charge is 0.267 e. The molecule has 3 fully saturated rings. The Balaban J connectivity index is 1.61. The van der Waals surface area contributed by atoms with E-state index in [0.29, 0.717) is 26.3 Å². The zero-order valence-corrected chi connectivity index (χ0v) is 19.3. The number of hydrogen-bond donors (Lipinski definition) is 0. The fraction of sp³-hybridized carbons (Fsp3) is 0.478. The van der Waals surface area contributed by atoms with Crippen molar-refractivity contribution in [3.8, 4) is 0 Å². The molecule has 1 aliphatic carbocycles. The third kappa shape index (κ3) is 3.69. The van der Waals surface area contributed by atoms with Crippen molar-refractivity contribution in [3.05, 3.63) is 44.7 Å². The summed E-state index contributed by atoms with van der Waals surface area (Å²) in [6.45, 7) is 3.71. The SMILES string of the molecule is Cc1cccn2c(=O)c(/C=C3\SC(=S)N(C4CCCCC4)C3=O)c(N3CCCC3)nc12. The van der Waals surface area contributed by atoms with E-state index < -0.39 is 0 Å². The molecule has 0 aromatic carbocycles. The van der Waals surface area contributed by atoms with Crippen LogP contribution in [-0.4, -0.2) is 43.6 Å². The van der Waals surface area contributed by atoms with E-state index in [4.69, 9.17) is 17.2 Å². The molecule has 8 heteroatoms. The van der Waals surface area contributed by atoms with Gasteiger partial charge in [-0.3, -0.25) is 18.9 Å². The van der Waals surface area contributed by atoms with Crippen LogP contribution in [0.3, 0.4) is 0 Å². The summed E-state index contributed by atoms with van der Waals surface area (Å²) >= 11 is 6.89. The summed E-state index contributed by atoms with van der Waals surface area (Å²) in [5, 5.41) is 0. The Morgan fingerprint density at radius 1 is 1.13 bits per heavy atom. The lowest BCUT2D eigenvalue weighted by Gasteiger charge is -2.29. The first-order valence-electron chi connectivity index (χ1n) is 11.1. The molecule has 5 rings (SSSR count). The Bertz CT molecular complexity index is 1140. The van der Waals surface area contributed by atoms with E-state index in [1.165, 1.54) is 18.2 Å². The van der Waals surface area contributed by atoms with Crippen molar-refractivity contribution in [2.45, 2.75) is 57.9 Å². The zero-order valence-electron chi connectivity index (χ0n) is 17.7. The molecule has 31 heavy (non-hydrogen) atoms. The van der Waals surface area contributed by atoms with Gasteiger partial charge in [-0.1, -0.05) is 49.3 Å². The number of anilines is 1. The van der Waals surface area contributed by atoms with E-state index in [1.54, 1.807) is 21.6 Å². The maximum absolute atomic E-state index is 13.5.